The van der Waals surface area contributed by atoms with E-state index in [1.165, 1.54) is 5.56 Å². The van der Waals surface area contributed by atoms with Crippen LogP contribution in [0.2, 0.25) is 10.0 Å². The van der Waals surface area contributed by atoms with Gasteiger partial charge in [0.15, 0.2) is 0 Å². The zero-order chi connectivity index (χ0) is 23.3. The molecule has 3 rings (SSSR count). The van der Waals surface area contributed by atoms with Crippen LogP contribution in [0.1, 0.15) is 48.7 Å². The van der Waals surface area contributed by atoms with Crippen molar-refractivity contribution in [1.82, 2.24) is 0 Å². The number of hydrogen-bond donors (Lipinski definition) is 1. The maximum absolute atomic E-state index is 12.4. The summed E-state index contributed by atoms with van der Waals surface area (Å²) < 4.78 is 5.39. The molecule has 0 saturated carbocycles. The Morgan fingerprint density at radius 1 is 0.906 bits per heavy atom. The second-order valence-electron chi connectivity index (χ2n) is 8.52. The van der Waals surface area contributed by atoms with Crippen molar-refractivity contribution in [3.05, 3.63) is 93.5 Å². The van der Waals surface area contributed by atoms with Gasteiger partial charge in [0.2, 0.25) is 0 Å². The summed E-state index contributed by atoms with van der Waals surface area (Å²) in [6, 6.07) is 19.5. The van der Waals surface area contributed by atoms with Gasteiger partial charge in [-0.2, -0.15) is 0 Å². The van der Waals surface area contributed by atoms with Crippen LogP contribution in [0.25, 0.3) is 0 Å². The number of nitrogens with one attached hydrogen (secondary N) is 1. The van der Waals surface area contributed by atoms with E-state index in [2.05, 4.69) is 38.2 Å². The first-order chi connectivity index (χ1) is 15.1. The van der Waals surface area contributed by atoms with Crippen LogP contribution < -0.4 is 10.1 Å². The normalized spacial score (nSPS) is 11.2. The third kappa shape index (κ3) is 6.59. The number of anilines is 1. The first-order valence-electron chi connectivity index (χ1n) is 10.3. The minimum Gasteiger partial charge on any atom is -0.427 e. The minimum atomic E-state index is -0.342. The Kier molecular flexibility index (Phi) is 7.60. The fourth-order valence-electron chi connectivity index (χ4n) is 3.06. The summed E-state index contributed by atoms with van der Waals surface area (Å²) in [4.78, 5) is 24.6. The molecule has 0 unspecified atom stereocenters. The van der Waals surface area contributed by atoms with Crippen LogP contribution in [0, 0.1) is 0 Å². The van der Waals surface area contributed by atoms with Crippen molar-refractivity contribution in [2.24, 2.45) is 0 Å². The number of ether oxygens (including phenoxy) is 1. The fraction of sp³-hybridized carbons (Fsp3) is 0.231. The molecule has 6 heteroatoms. The molecule has 0 heterocycles. The van der Waals surface area contributed by atoms with Crippen molar-refractivity contribution < 1.29 is 14.3 Å². The van der Waals surface area contributed by atoms with Crippen molar-refractivity contribution in [3.63, 3.8) is 0 Å². The number of esters is 1. The molecular weight excluding hydrogens is 445 g/mol. The monoisotopic (exact) mass is 469 g/mol. The van der Waals surface area contributed by atoms with Gasteiger partial charge in [0.25, 0.3) is 5.91 Å². The fourth-order valence-corrected chi connectivity index (χ4v) is 3.40. The van der Waals surface area contributed by atoms with Gasteiger partial charge in [-0.15, -0.1) is 0 Å². The SMILES string of the molecule is CC(C)(C)c1ccc(CCC(=O)Oc2ccc(C(=O)Nc3cc(Cl)ccc3Cl)cc2)cc1. The predicted molar refractivity (Wildman–Crippen MR) is 130 cm³/mol. The standard InChI is InChI=1S/C26H25Cl2NO3/c1-26(2,3)19-9-4-17(5-10-19)6-15-24(30)32-21-12-7-18(8-13-21)25(31)29-23-16-20(27)11-14-22(23)28/h4-5,7-14,16H,6,15H2,1-3H3,(H,29,31). The third-order valence-corrected chi connectivity index (χ3v) is 5.53. The molecule has 0 fully saturated rings. The number of halogens is 2. The van der Waals surface area contributed by atoms with Crippen molar-refractivity contribution in [1.29, 1.82) is 0 Å². The number of benzene rings is 3. The van der Waals surface area contributed by atoms with E-state index in [1.54, 1.807) is 42.5 Å². The highest BCUT2D eigenvalue weighted by Gasteiger charge is 2.14. The molecule has 0 spiro atoms. The summed E-state index contributed by atoms with van der Waals surface area (Å²) in [5, 5.41) is 3.58. The van der Waals surface area contributed by atoms with Gasteiger partial charge < -0.3 is 10.1 Å². The highest BCUT2D eigenvalue weighted by molar-refractivity contribution is 6.35. The second-order valence-corrected chi connectivity index (χ2v) is 9.37. The quantitative estimate of drug-likeness (QED) is 0.309. The Morgan fingerprint density at radius 3 is 2.19 bits per heavy atom. The van der Waals surface area contributed by atoms with E-state index in [1.807, 2.05) is 12.1 Å². The molecule has 1 amide bonds. The van der Waals surface area contributed by atoms with Crippen molar-refractivity contribution >= 4 is 40.8 Å². The van der Waals surface area contributed by atoms with E-state index >= 15 is 0 Å². The molecule has 0 aliphatic carbocycles. The molecule has 0 aliphatic rings. The smallest absolute Gasteiger partial charge is 0.311 e. The summed E-state index contributed by atoms with van der Waals surface area (Å²) in [6.07, 6.45) is 0.870. The largest absolute Gasteiger partial charge is 0.427 e. The molecule has 0 atom stereocenters. The Bertz CT molecular complexity index is 1100. The Labute approximate surface area is 198 Å². The van der Waals surface area contributed by atoms with Gasteiger partial charge in [-0.25, -0.2) is 0 Å². The summed E-state index contributed by atoms with van der Waals surface area (Å²) in [6.45, 7) is 6.50. The second kappa shape index (κ2) is 10.2. The predicted octanol–water partition coefficient (Wildman–Crippen LogP) is 7.08. The van der Waals surface area contributed by atoms with Crippen LogP contribution in [0.3, 0.4) is 0 Å². The first-order valence-corrected chi connectivity index (χ1v) is 11.0. The third-order valence-electron chi connectivity index (χ3n) is 4.96. The zero-order valence-electron chi connectivity index (χ0n) is 18.2. The van der Waals surface area contributed by atoms with Gasteiger partial charge in [0, 0.05) is 17.0 Å². The average molecular weight is 470 g/mol. The zero-order valence-corrected chi connectivity index (χ0v) is 19.8. The number of rotatable bonds is 6. The van der Waals surface area contributed by atoms with Crippen LogP contribution in [-0.4, -0.2) is 11.9 Å². The number of carbonyl (C=O) groups excluding carboxylic acids is 2. The highest BCUT2D eigenvalue weighted by Crippen LogP contribution is 2.26. The molecule has 166 valence electrons. The van der Waals surface area contributed by atoms with Crippen LogP contribution in [0.4, 0.5) is 5.69 Å². The van der Waals surface area contributed by atoms with Crippen LogP contribution in [0.15, 0.2) is 66.7 Å². The molecular formula is C26H25Cl2NO3. The number of carbonyl (C=O) groups is 2. The van der Waals surface area contributed by atoms with Crippen LogP contribution in [0.5, 0.6) is 5.75 Å². The van der Waals surface area contributed by atoms with Crippen LogP contribution >= 0.6 is 23.2 Å². The average Bonchev–Trinajstić information content (AvgIpc) is 2.75. The lowest BCUT2D eigenvalue weighted by atomic mass is 9.86. The van der Waals surface area contributed by atoms with E-state index in [-0.39, 0.29) is 23.7 Å². The van der Waals surface area contributed by atoms with Gasteiger partial charge >= 0.3 is 5.97 Å². The Morgan fingerprint density at radius 2 is 1.56 bits per heavy atom. The van der Waals surface area contributed by atoms with E-state index in [4.69, 9.17) is 27.9 Å². The Hall–Kier alpha value is -2.82. The molecule has 3 aromatic carbocycles. The lowest BCUT2D eigenvalue weighted by Gasteiger charge is -2.19. The highest BCUT2D eigenvalue weighted by atomic mass is 35.5. The molecule has 1 N–H and O–H groups in total. The minimum absolute atomic E-state index is 0.0981. The molecule has 0 bridgehead atoms. The van der Waals surface area contributed by atoms with E-state index < -0.39 is 0 Å². The molecule has 3 aromatic rings. The number of amides is 1. The number of aryl methyl sites for hydroxylation is 1. The lowest BCUT2D eigenvalue weighted by molar-refractivity contribution is -0.134. The van der Waals surface area contributed by atoms with E-state index in [9.17, 15) is 9.59 Å². The van der Waals surface area contributed by atoms with E-state index in [0.717, 1.165) is 5.56 Å². The summed E-state index contributed by atoms with van der Waals surface area (Å²) >= 11 is 12.0. The van der Waals surface area contributed by atoms with E-state index in [0.29, 0.717) is 33.5 Å². The van der Waals surface area contributed by atoms with Gasteiger partial charge in [-0.05, 0) is 65.4 Å². The van der Waals surface area contributed by atoms with Gasteiger partial charge in [0.05, 0.1) is 10.7 Å². The molecule has 4 nitrogen and oxygen atoms in total. The lowest BCUT2D eigenvalue weighted by Crippen LogP contribution is -2.13. The topological polar surface area (TPSA) is 55.4 Å². The summed E-state index contributed by atoms with van der Waals surface area (Å²) in [5.41, 5.74) is 3.27. The van der Waals surface area contributed by atoms with Crippen molar-refractivity contribution in [2.75, 3.05) is 5.32 Å². The van der Waals surface area contributed by atoms with Gasteiger partial charge in [0.1, 0.15) is 5.75 Å². The summed E-state index contributed by atoms with van der Waals surface area (Å²) in [5.74, 6) is -0.283. The van der Waals surface area contributed by atoms with Crippen molar-refractivity contribution in [2.45, 2.75) is 39.0 Å². The van der Waals surface area contributed by atoms with Crippen LogP contribution in [-0.2, 0) is 16.6 Å². The number of hydrogen-bond acceptors (Lipinski definition) is 3. The van der Waals surface area contributed by atoms with Gasteiger partial charge in [-0.3, -0.25) is 9.59 Å². The maximum Gasteiger partial charge on any atom is 0.311 e. The van der Waals surface area contributed by atoms with Gasteiger partial charge in [-0.1, -0.05) is 68.2 Å². The molecule has 0 aliphatic heterocycles. The van der Waals surface area contributed by atoms with Crippen molar-refractivity contribution in [3.8, 4) is 5.75 Å². The maximum atomic E-state index is 12.4. The molecule has 0 aromatic heterocycles. The summed E-state index contributed by atoms with van der Waals surface area (Å²) in [7, 11) is 0. The molecule has 0 saturated heterocycles. The Balaban J connectivity index is 1.53. The first kappa shape index (κ1) is 23.8. The molecule has 32 heavy (non-hydrogen) atoms. The molecule has 0 radical (unpaired) electrons.